The highest BCUT2D eigenvalue weighted by Gasteiger charge is 1.82. The van der Waals surface area contributed by atoms with Gasteiger partial charge in [0, 0.05) is 27.3 Å². The Morgan fingerprint density at radius 1 is 0.800 bits per heavy atom. The van der Waals surface area contributed by atoms with Gasteiger partial charge in [0.15, 0.2) is 0 Å². The Balaban J connectivity index is -0.000000230. The molecule has 0 aromatic carbocycles. The van der Waals surface area contributed by atoms with Crippen LogP contribution in [0.3, 0.4) is 0 Å². The molecule has 0 aromatic heterocycles. The zero-order chi connectivity index (χ0) is 16.1. The van der Waals surface area contributed by atoms with Crippen LogP contribution in [0.2, 0.25) is 0 Å². The van der Waals surface area contributed by atoms with Crippen LogP contribution < -0.4 is 11.5 Å². The molecule has 0 spiro atoms. The Bertz CT molecular complexity index is 145. The van der Waals surface area contributed by atoms with E-state index in [-0.39, 0.29) is 0 Å². The van der Waals surface area contributed by atoms with Gasteiger partial charge in [-0.05, 0) is 0 Å². The average Bonchev–Trinajstić information content (AvgIpc) is 2.40. The molecule has 0 amide bonds. The Kier molecular flexibility index (Phi) is 32.0. The van der Waals surface area contributed by atoms with Crippen molar-refractivity contribution in [2.24, 2.45) is 11.5 Å². The van der Waals surface area contributed by atoms with Gasteiger partial charge in [-0.15, -0.1) is 0 Å². The normalized spacial score (nSPS) is 9.00. The van der Waals surface area contributed by atoms with Crippen LogP contribution in [0.25, 0.3) is 0 Å². The fraction of sp³-hybridized carbons (Fsp3) is 0.909. The van der Waals surface area contributed by atoms with E-state index in [9.17, 15) is 0 Å². The van der Waals surface area contributed by atoms with Crippen molar-refractivity contribution in [3.63, 3.8) is 0 Å². The average molecular weight is 300 g/mol. The lowest BCUT2D eigenvalue weighted by Gasteiger charge is -1.98. The first-order valence-electron chi connectivity index (χ1n) is 6.02. The largest absolute Gasteiger partial charge is 0.503 e. The third-order valence-corrected chi connectivity index (χ3v) is 1.39. The van der Waals surface area contributed by atoms with E-state index >= 15 is 0 Å². The number of rotatable bonds is 10. The first-order valence-corrected chi connectivity index (χ1v) is 6.02. The predicted molar refractivity (Wildman–Crippen MR) is 74.2 cm³/mol. The fourth-order valence-electron chi connectivity index (χ4n) is 0.655. The van der Waals surface area contributed by atoms with Crippen molar-refractivity contribution in [1.82, 2.24) is 0 Å². The van der Waals surface area contributed by atoms with E-state index in [1.54, 1.807) is 14.2 Å². The maximum Gasteiger partial charge on any atom is 0.503 e. The van der Waals surface area contributed by atoms with E-state index in [1.165, 1.54) is 0 Å². The maximum absolute atomic E-state index is 8.56. The van der Waals surface area contributed by atoms with E-state index in [2.05, 4.69) is 0 Å². The predicted octanol–water partition coefficient (Wildman–Crippen LogP) is -0.561. The molecule has 124 valence electrons. The molecule has 0 saturated heterocycles. The van der Waals surface area contributed by atoms with Gasteiger partial charge in [-0.3, -0.25) is 0 Å². The van der Waals surface area contributed by atoms with Gasteiger partial charge < -0.3 is 40.6 Å². The molecule has 0 radical (unpaired) electrons. The first kappa shape index (κ1) is 24.1. The lowest BCUT2D eigenvalue weighted by molar-refractivity contribution is 0.0747. The summed E-state index contributed by atoms with van der Waals surface area (Å²) < 4.78 is 19.4. The number of carboxylic acid groups (broad SMARTS) is 2. The Morgan fingerprint density at radius 3 is 1.30 bits per heavy atom. The van der Waals surface area contributed by atoms with E-state index in [0.717, 1.165) is 0 Å². The standard InChI is InChI=1S/2C5H13NO2.CH2O3/c2*1-7-4-5-8-3-2-6;2-1(3)4/h2*2-6H2,1H3;(H2,2,3,4). The molecule has 9 heteroatoms. The molecular weight excluding hydrogens is 272 g/mol. The van der Waals surface area contributed by atoms with Crippen LogP contribution in [0, 0.1) is 0 Å². The number of hydrogen-bond acceptors (Lipinski definition) is 7. The summed E-state index contributed by atoms with van der Waals surface area (Å²) in [7, 11) is 3.29. The van der Waals surface area contributed by atoms with E-state index in [4.69, 9.17) is 45.4 Å². The summed E-state index contributed by atoms with van der Waals surface area (Å²) in [4.78, 5) is 8.56. The van der Waals surface area contributed by atoms with Gasteiger partial charge >= 0.3 is 6.16 Å². The molecule has 9 nitrogen and oxygen atoms in total. The van der Waals surface area contributed by atoms with E-state index < -0.39 is 6.16 Å². The monoisotopic (exact) mass is 300 g/mol. The van der Waals surface area contributed by atoms with Crippen LogP contribution >= 0.6 is 0 Å². The number of nitrogens with two attached hydrogens (primary N) is 2. The zero-order valence-electron chi connectivity index (χ0n) is 12.2. The van der Waals surface area contributed by atoms with Crippen LogP contribution in [0.15, 0.2) is 0 Å². The van der Waals surface area contributed by atoms with E-state index in [0.29, 0.717) is 52.7 Å². The molecule has 0 atom stereocenters. The molecule has 0 fully saturated rings. The molecule has 0 bridgehead atoms. The van der Waals surface area contributed by atoms with Gasteiger partial charge in [-0.25, -0.2) is 4.79 Å². The summed E-state index contributed by atoms with van der Waals surface area (Å²) in [6, 6.07) is 0. The third-order valence-electron chi connectivity index (χ3n) is 1.39. The Hall–Kier alpha value is -0.970. The number of ether oxygens (including phenoxy) is 4. The molecule has 20 heavy (non-hydrogen) atoms. The van der Waals surface area contributed by atoms with Gasteiger partial charge in [-0.2, -0.15) is 0 Å². The molecule has 0 aromatic rings. The lowest BCUT2D eigenvalue weighted by Crippen LogP contribution is -2.11. The molecule has 0 heterocycles. The summed E-state index contributed by atoms with van der Waals surface area (Å²) in [6.07, 6.45) is -1.83. The lowest BCUT2D eigenvalue weighted by atomic mass is 10.7. The van der Waals surface area contributed by atoms with Crippen LogP contribution in [-0.4, -0.2) is 83.3 Å². The smallest absolute Gasteiger partial charge is 0.450 e. The summed E-state index contributed by atoms with van der Waals surface area (Å²) in [6.45, 7) is 5.03. The van der Waals surface area contributed by atoms with Gasteiger partial charge in [0.25, 0.3) is 0 Å². The van der Waals surface area contributed by atoms with Crippen LogP contribution in [0.4, 0.5) is 4.79 Å². The second-order valence-corrected chi connectivity index (χ2v) is 3.07. The van der Waals surface area contributed by atoms with E-state index in [1.807, 2.05) is 0 Å². The molecule has 0 aliphatic carbocycles. The minimum absolute atomic E-state index is 0.587. The minimum atomic E-state index is -1.83. The van der Waals surface area contributed by atoms with Crippen molar-refractivity contribution in [2.75, 3.05) is 67.0 Å². The van der Waals surface area contributed by atoms with Crippen LogP contribution in [-0.2, 0) is 18.9 Å². The highest BCUT2D eigenvalue weighted by atomic mass is 16.6. The van der Waals surface area contributed by atoms with Crippen molar-refractivity contribution in [1.29, 1.82) is 0 Å². The van der Waals surface area contributed by atoms with Gasteiger partial charge in [0.2, 0.25) is 0 Å². The minimum Gasteiger partial charge on any atom is -0.450 e. The van der Waals surface area contributed by atoms with Crippen LogP contribution in [0.1, 0.15) is 0 Å². The topological polar surface area (TPSA) is 146 Å². The van der Waals surface area contributed by atoms with Crippen molar-refractivity contribution >= 4 is 6.16 Å². The molecule has 0 saturated carbocycles. The summed E-state index contributed by atoms with van der Waals surface area (Å²) >= 11 is 0. The molecule has 0 aliphatic heterocycles. The quantitative estimate of drug-likeness (QED) is 0.390. The molecule has 0 rings (SSSR count). The van der Waals surface area contributed by atoms with Gasteiger partial charge in [0.05, 0.1) is 39.6 Å². The Labute approximate surface area is 119 Å². The van der Waals surface area contributed by atoms with Crippen LogP contribution in [0.5, 0.6) is 0 Å². The van der Waals surface area contributed by atoms with Gasteiger partial charge in [-0.1, -0.05) is 0 Å². The number of methoxy groups -OCH3 is 2. The summed E-state index contributed by atoms with van der Waals surface area (Å²) in [5.41, 5.74) is 10.3. The number of carbonyl (C=O) groups is 1. The van der Waals surface area contributed by atoms with Crippen molar-refractivity contribution in [2.45, 2.75) is 0 Å². The summed E-state index contributed by atoms with van der Waals surface area (Å²) in [5.74, 6) is 0. The second-order valence-electron chi connectivity index (χ2n) is 3.07. The molecule has 0 aliphatic rings. The maximum atomic E-state index is 8.56. The third kappa shape index (κ3) is 53.7. The molecule has 6 N–H and O–H groups in total. The highest BCUT2D eigenvalue weighted by Crippen LogP contribution is 1.72. The molecule has 0 unspecified atom stereocenters. The summed E-state index contributed by atoms with van der Waals surface area (Å²) in [5, 5.41) is 13.9. The fourth-order valence-corrected chi connectivity index (χ4v) is 0.655. The van der Waals surface area contributed by atoms with Crippen molar-refractivity contribution < 1.29 is 34.0 Å². The first-order chi connectivity index (χ1) is 9.56. The highest BCUT2D eigenvalue weighted by molar-refractivity contribution is 5.53. The Morgan fingerprint density at radius 2 is 1.10 bits per heavy atom. The van der Waals surface area contributed by atoms with Crippen molar-refractivity contribution in [3.8, 4) is 0 Å². The second kappa shape index (κ2) is 26.6. The molecular formula is C11H28N2O7. The van der Waals surface area contributed by atoms with Crippen molar-refractivity contribution in [3.05, 3.63) is 0 Å². The SMILES string of the molecule is COCCOCCN.COCCOCCN.O=C(O)O. The zero-order valence-corrected chi connectivity index (χ0v) is 12.2. The van der Waals surface area contributed by atoms with Gasteiger partial charge in [0.1, 0.15) is 0 Å². The number of hydrogen-bond donors (Lipinski definition) is 4.